The van der Waals surface area contributed by atoms with Crippen molar-refractivity contribution in [1.82, 2.24) is 10.2 Å². The molecule has 1 fully saturated rings. The Hall–Kier alpha value is -2.83. The first-order valence-electron chi connectivity index (χ1n) is 9.44. The van der Waals surface area contributed by atoms with Crippen molar-refractivity contribution in [3.05, 3.63) is 29.8 Å². The monoisotopic (exact) mass is 370 g/mol. The van der Waals surface area contributed by atoms with E-state index < -0.39 is 5.97 Å². The van der Waals surface area contributed by atoms with E-state index in [1.165, 1.54) is 6.42 Å². The topological polar surface area (TPSA) is 101 Å². The molecule has 0 spiro atoms. The molecule has 7 nitrogen and oxygen atoms in total. The van der Waals surface area contributed by atoms with Crippen LogP contribution >= 0.6 is 0 Å². The first-order chi connectivity index (χ1) is 13.1. The van der Waals surface area contributed by atoms with Gasteiger partial charge in [-0.1, -0.05) is 24.3 Å². The van der Waals surface area contributed by atoms with Crippen LogP contribution in [-0.4, -0.2) is 41.6 Å². The molecule has 1 aliphatic heterocycles. The molecule has 1 saturated heterocycles. The number of nitrogen functional groups attached to an aromatic ring is 1. The number of carbonyl (C=O) groups is 2. The molecule has 1 aliphatic rings. The molecule has 1 aromatic carbocycles. The normalized spacial score (nSPS) is 14.2. The number of nitrogens with one attached hydrogen (secondary N) is 1. The van der Waals surface area contributed by atoms with Crippen molar-refractivity contribution in [3.63, 3.8) is 0 Å². The highest BCUT2D eigenvalue weighted by molar-refractivity contribution is 5.96. The number of esters is 1. The minimum Gasteiger partial charge on any atom is -0.466 e. The molecular formula is C20H26N4O3. The van der Waals surface area contributed by atoms with Crippen molar-refractivity contribution in [1.29, 1.82) is 0 Å². The first kappa shape index (κ1) is 18.9. The lowest BCUT2D eigenvalue weighted by atomic mass is 10.0. The quantitative estimate of drug-likeness (QED) is 0.574. The maximum Gasteiger partial charge on any atom is 0.313 e. The molecule has 2 aromatic rings. The molecule has 0 aliphatic carbocycles. The molecule has 7 heteroatoms. The Balaban J connectivity index is 1.71. The number of piperidine rings is 1. The van der Waals surface area contributed by atoms with Gasteiger partial charge in [0.2, 0.25) is 0 Å². The minimum atomic E-state index is -0.475. The van der Waals surface area contributed by atoms with Crippen LogP contribution in [0.3, 0.4) is 0 Å². The van der Waals surface area contributed by atoms with Crippen molar-refractivity contribution < 1.29 is 14.3 Å². The fourth-order valence-electron chi connectivity index (χ4n) is 3.43. The number of carbonyl (C=O) groups excluding carboxylic acids is 2. The van der Waals surface area contributed by atoms with Crippen molar-refractivity contribution in [2.75, 3.05) is 30.3 Å². The molecule has 2 heterocycles. The van der Waals surface area contributed by atoms with E-state index in [0.29, 0.717) is 5.82 Å². The number of benzene rings is 1. The maximum atomic E-state index is 12.0. The van der Waals surface area contributed by atoms with Gasteiger partial charge < -0.3 is 15.4 Å². The van der Waals surface area contributed by atoms with Crippen LogP contribution in [0.4, 0.5) is 11.5 Å². The van der Waals surface area contributed by atoms with Gasteiger partial charge in [0.1, 0.15) is 29.4 Å². The largest absolute Gasteiger partial charge is 0.466 e. The predicted octanol–water partition coefficient (Wildman–Crippen LogP) is 2.71. The zero-order chi connectivity index (χ0) is 19.2. The van der Waals surface area contributed by atoms with Crippen LogP contribution in [0.1, 0.15) is 38.2 Å². The van der Waals surface area contributed by atoms with Gasteiger partial charge in [0.25, 0.3) is 0 Å². The van der Waals surface area contributed by atoms with Crippen LogP contribution in [0.5, 0.6) is 0 Å². The van der Waals surface area contributed by atoms with E-state index in [4.69, 9.17) is 10.5 Å². The van der Waals surface area contributed by atoms with Gasteiger partial charge in [0.05, 0.1) is 6.61 Å². The second-order valence-corrected chi connectivity index (χ2v) is 6.78. The molecule has 0 amide bonds. The van der Waals surface area contributed by atoms with Gasteiger partial charge in [-0.25, -0.2) is 0 Å². The average molecular weight is 370 g/mol. The molecule has 3 N–H and O–H groups in total. The highest BCUT2D eigenvalue weighted by Gasteiger charge is 2.21. The molecule has 144 valence electrons. The van der Waals surface area contributed by atoms with Gasteiger partial charge in [-0.3, -0.25) is 14.7 Å². The Bertz CT molecular complexity index is 792. The van der Waals surface area contributed by atoms with E-state index >= 15 is 0 Å². The molecular weight excluding hydrogens is 344 g/mol. The zero-order valence-corrected chi connectivity index (χ0v) is 15.7. The average Bonchev–Trinajstić information content (AvgIpc) is 3.04. The Labute approximate surface area is 158 Å². The number of H-pyrrole nitrogens is 1. The lowest BCUT2D eigenvalue weighted by Crippen LogP contribution is -2.30. The lowest BCUT2D eigenvalue weighted by Gasteiger charge is -2.28. The van der Waals surface area contributed by atoms with Crippen molar-refractivity contribution >= 4 is 23.3 Å². The summed E-state index contributed by atoms with van der Waals surface area (Å²) in [4.78, 5) is 25.7. The summed E-state index contributed by atoms with van der Waals surface area (Å²) in [7, 11) is 0. The molecule has 0 unspecified atom stereocenters. The van der Waals surface area contributed by atoms with Gasteiger partial charge in [-0.2, -0.15) is 5.10 Å². The van der Waals surface area contributed by atoms with Crippen LogP contribution in [0.15, 0.2) is 24.3 Å². The molecule has 3 rings (SSSR count). The van der Waals surface area contributed by atoms with E-state index in [1.807, 2.05) is 24.3 Å². The van der Waals surface area contributed by atoms with E-state index in [9.17, 15) is 9.59 Å². The number of aromatic amines is 1. The van der Waals surface area contributed by atoms with Crippen LogP contribution < -0.4 is 10.6 Å². The number of nitrogens with zero attached hydrogens (tertiary/aromatic N) is 2. The highest BCUT2D eigenvalue weighted by atomic mass is 16.5. The summed E-state index contributed by atoms with van der Waals surface area (Å²) < 4.78 is 4.81. The van der Waals surface area contributed by atoms with Crippen LogP contribution in [-0.2, 0) is 20.7 Å². The van der Waals surface area contributed by atoms with Gasteiger partial charge in [0.15, 0.2) is 0 Å². The third-order valence-electron chi connectivity index (χ3n) is 4.72. The molecule has 0 radical (unpaired) electrons. The number of hydrogen-bond donors (Lipinski definition) is 2. The number of anilines is 2. The Morgan fingerprint density at radius 2 is 1.89 bits per heavy atom. The third kappa shape index (κ3) is 4.67. The summed E-state index contributed by atoms with van der Waals surface area (Å²) in [5.74, 6) is -0.0444. The minimum absolute atomic E-state index is 0.154. The Morgan fingerprint density at radius 3 is 2.56 bits per heavy atom. The molecule has 0 bridgehead atoms. The number of ketones is 1. The maximum absolute atomic E-state index is 12.0. The SMILES string of the molecule is CCOC(=O)CC(=O)Cc1ccc(-c2n[nH]c(N)c2N2CCCCC2)cc1. The Kier molecular flexibility index (Phi) is 6.11. The summed E-state index contributed by atoms with van der Waals surface area (Å²) in [5.41, 5.74) is 9.73. The second-order valence-electron chi connectivity index (χ2n) is 6.78. The highest BCUT2D eigenvalue weighted by Crippen LogP contribution is 2.35. The van der Waals surface area contributed by atoms with Gasteiger partial charge in [-0.05, 0) is 31.7 Å². The number of Topliss-reactive ketones (excluding diaryl/α,β-unsaturated/α-hetero) is 1. The smallest absolute Gasteiger partial charge is 0.313 e. The Morgan fingerprint density at radius 1 is 1.19 bits per heavy atom. The van der Waals surface area contributed by atoms with E-state index in [1.54, 1.807) is 6.92 Å². The lowest BCUT2D eigenvalue weighted by molar-refractivity contribution is -0.145. The fraction of sp³-hybridized carbons (Fsp3) is 0.450. The molecule has 0 atom stereocenters. The first-order valence-corrected chi connectivity index (χ1v) is 9.44. The molecule has 27 heavy (non-hydrogen) atoms. The van der Waals surface area contributed by atoms with E-state index in [0.717, 1.165) is 48.4 Å². The third-order valence-corrected chi connectivity index (χ3v) is 4.72. The fourth-order valence-corrected chi connectivity index (χ4v) is 3.43. The number of aromatic nitrogens is 2. The van der Waals surface area contributed by atoms with E-state index in [-0.39, 0.29) is 25.2 Å². The van der Waals surface area contributed by atoms with Gasteiger partial charge >= 0.3 is 5.97 Å². The van der Waals surface area contributed by atoms with Gasteiger partial charge in [0, 0.05) is 25.1 Å². The predicted molar refractivity (Wildman–Crippen MR) is 104 cm³/mol. The number of hydrogen-bond acceptors (Lipinski definition) is 6. The summed E-state index contributed by atoms with van der Waals surface area (Å²) in [6.07, 6.45) is 3.58. The summed E-state index contributed by atoms with van der Waals surface area (Å²) in [6.45, 7) is 3.97. The second kappa shape index (κ2) is 8.70. The summed E-state index contributed by atoms with van der Waals surface area (Å²) in [5, 5.41) is 7.29. The van der Waals surface area contributed by atoms with Gasteiger partial charge in [-0.15, -0.1) is 0 Å². The summed E-state index contributed by atoms with van der Waals surface area (Å²) in [6, 6.07) is 7.67. The standard InChI is InChI=1S/C20H26N4O3/c1-2-27-17(26)13-16(25)12-14-6-8-15(9-7-14)18-19(20(21)23-22-18)24-10-4-3-5-11-24/h6-9H,2-5,10-13H2,1H3,(H3,21,22,23). The van der Waals surface area contributed by atoms with Crippen LogP contribution in [0, 0.1) is 0 Å². The number of nitrogens with two attached hydrogens (primary N) is 1. The summed E-state index contributed by atoms with van der Waals surface area (Å²) >= 11 is 0. The van der Waals surface area contributed by atoms with Crippen molar-refractivity contribution in [3.8, 4) is 11.3 Å². The van der Waals surface area contributed by atoms with Crippen LogP contribution in [0.2, 0.25) is 0 Å². The van der Waals surface area contributed by atoms with Crippen LogP contribution in [0.25, 0.3) is 11.3 Å². The number of ether oxygens (including phenoxy) is 1. The number of rotatable bonds is 7. The van der Waals surface area contributed by atoms with Crippen molar-refractivity contribution in [2.45, 2.75) is 39.0 Å². The van der Waals surface area contributed by atoms with E-state index in [2.05, 4.69) is 15.1 Å². The van der Waals surface area contributed by atoms with Crippen molar-refractivity contribution in [2.24, 2.45) is 0 Å². The molecule has 0 saturated carbocycles. The molecule has 1 aromatic heterocycles. The zero-order valence-electron chi connectivity index (χ0n) is 15.7.